The van der Waals surface area contributed by atoms with Crippen molar-refractivity contribution in [1.29, 1.82) is 0 Å². The maximum absolute atomic E-state index is 5.64. The summed E-state index contributed by atoms with van der Waals surface area (Å²) in [6.07, 6.45) is 1.88. The summed E-state index contributed by atoms with van der Waals surface area (Å²) in [7, 11) is 3.29. The highest BCUT2D eigenvalue weighted by Crippen LogP contribution is 2.41. The molecule has 0 aliphatic rings. The van der Waals surface area contributed by atoms with Crippen molar-refractivity contribution in [3.63, 3.8) is 0 Å². The van der Waals surface area contributed by atoms with Gasteiger partial charge in [-0.05, 0) is 43.3 Å². The van der Waals surface area contributed by atoms with Crippen LogP contribution in [0, 0.1) is 6.92 Å². The van der Waals surface area contributed by atoms with Gasteiger partial charge in [0.15, 0.2) is 17.1 Å². The molecule has 0 saturated carbocycles. The Morgan fingerprint density at radius 1 is 0.794 bits per heavy atom. The van der Waals surface area contributed by atoms with Crippen LogP contribution < -0.4 is 9.47 Å². The van der Waals surface area contributed by atoms with Gasteiger partial charge < -0.3 is 9.47 Å². The molecule has 6 heteroatoms. The lowest BCUT2D eigenvalue weighted by molar-refractivity contribution is 0.356. The number of hydrogen-bond acceptors (Lipinski definition) is 5. The molecule has 0 fully saturated rings. The highest BCUT2D eigenvalue weighted by atomic mass is 16.5. The normalized spacial score (nSPS) is 11.4. The fourth-order valence-electron chi connectivity index (χ4n) is 4.55. The van der Waals surface area contributed by atoms with Gasteiger partial charge in [0.05, 0.1) is 42.2 Å². The van der Waals surface area contributed by atoms with Crippen molar-refractivity contribution in [2.45, 2.75) is 6.92 Å². The predicted molar refractivity (Wildman–Crippen MR) is 135 cm³/mol. The van der Waals surface area contributed by atoms with Crippen LogP contribution >= 0.6 is 0 Å². The largest absolute Gasteiger partial charge is 0.493 e. The van der Waals surface area contributed by atoms with Crippen molar-refractivity contribution in [3.8, 4) is 28.4 Å². The fraction of sp³-hybridized carbons (Fsp3) is 0.107. The van der Waals surface area contributed by atoms with Gasteiger partial charge in [-0.2, -0.15) is 5.10 Å². The molecule has 0 aliphatic carbocycles. The molecule has 0 N–H and O–H groups in total. The molecule has 0 atom stereocenters. The van der Waals surface area contributed by atoms with Crippen LogP contribution in [0.3, 0.4) is 0 Å². The van der Waals surface area contributed by atoms with E-state index in [1.165, 1.54) is 0 Å². The molecule has 0 aliphatic heterocycles. The van der Waals surface area contributed by atoms with Gasteiger partial charge in [-0.1, -0.05) is 36.4 Å². The second-order valence-electron chi connectivity index (χ2n) is 8.16. The van der Waals surface area contributed by atoms with E-state index in [-0.39, 0.29) is 0 Å². The molecule has 0 saturated heterocycles. The second-order valence-corrected chi connectivity index (χ2v) is 8.16. The molecule has 6 nitrogen and oxygen atoms in total. The van der Waals surface area contributed by atoms with Crippen molar-refractivity contribution in [2.75, 3.05) is 14.2 Å². The summed E-state index contributed by atoms with van der Waals surface area (Å²) in [5, 5.41) is 8.86. The SMILES string of the molecule is COc1cc2c(-c3cnc4ccccc4c3)nc3c(c(C)nn3-c3ccccc3)c2cc1OC. The summed E-state index contributed by atoms with van der Waals surface area (Å²) >= 11 is 0. The van der Waals surface area contributed by atoms with Crippen molar-refractivity contribution >= 4 is 32.7 Å². The van der Waals surface area contributed by atoms with Crippen molar-refractivity contribution < 1.29 is 9.47 Å². The van der Waals surface area contributed by atoms with Crippen LogP contribution in [-0.4, -0.2) is 34.0 Å². The molecule has 6 rings (SSSR count). The number of benzene rings is 3. The zero-order valence-electron chi connectivity index (χ0n) is 19.1. The van der Waals surface area contributed by atoms with E-state index in [1.807, 2.05) is 78.5 Å². The van der Waals surface area contributed by atoms with Crippen molar-refractivity contribution in [1.82, 2.24) is 19.7 Å². The number of pyridine rings is 2. The predicted octanol–water partition coefficient (Wildman–Crippen LogP) is 6.11. The number of para-hydroxylation sites is 2. The van der Waals surface area contributed by atoms with Gasteiger partial charge in [0, 0.05) is 27.9 Å². The first-order valence-electron chi connectivity index (χ1n) is 11.0. The number of nitrogens with zero attached hydrogens (tertiary/aromatic N) is 4. The monoisotopic (exact) mass is 446 g/mol. The van der Waals surface area contributed by atoms with Crippen LogP contribution in [0.4, 0.5) is 0 Å². The van der Waals surface area contributed by atoms with Crippen molar-refractivity contribution in [3.05, 3.63) is 84.7 Å². The van der Waals surface area contributed by atoms with Crippen LogP contribution in [-0.2, 0) is 0 Å². The molecule has 0 unspecified atom stereocenters. The molecule has 3 aromatic heterocycles. The van der Waals surface area contributed by atoms with Gasteiger partial charge in [-0.15, -0.1) is 0 Å². The third kappa shape index (κ3) is 3.07. The Kier molecular flexibility index (Phi) is 4.66. The number of aromatic nitrogens is 4. The molecule has 0 amide bonds. The second kappa shape index (κ2) is 7.85. The van der Waals surface area contributed by atoms with Crippen LogP contribution in [0.15, 0.2) is 79.0 Å². The van der Waals surface area contributed by atoms with Gasteiger partial charge in [-0.3, -0.25) is 4.98 Å². The Hall–Kier alpha value is -4.45. The highest BCUT2D eigenvalue weighted by molar-refractivity contribution is 6.12. The Balaban J connectivity index is 1.75. The van der Waals surface area contributed by atoms with E-state index in [0.29, 0.717) is 11.5 Å². The minimum Gasteiger partial charge on any atom is -0.493 e. The average Bonchev–Trinajstić information content (AvgIpc) is 3.23. The van der Waals surface area contributed by atoms with E-state index in [0.717, 1.165) is 55.3 Å². The Morgan fingerprint density at radius 3 is 2.26 bits per heavy atom. The zero-order chi connectivity index (χ0) is 23.2. The van der Waals surface area contributed by atoms with E-state index in [2.05, 4.69) is 17.1 Å². The third-order valence-corrected chi connectivity index (χ3v) is 6.17. The van der Waals surface area contributed by atoms with Gasteiger partial charge in [0.1, 0.15) is 0 Å². The number of methoxy groups -OCH3 is 2. The summed E-state index contributed by atoms with van der Waals surface area (Å²) in [6, 6.07) is 24.3. The average molecular weight is 447 g/mol. The molecular formula is C28H22N4O2. The first-order valence-corrected chi connectivity index (χ1v) is 11.0. The number of rotatable bonds is 4. The lowest BCUT2D eigenvalue weighted by Gasteiger charge is -2.14. The zero-order valence-corrected chi connectivity index (χ0v) is 19.1. The summed E-state index contributed by atoms with van der Waals surface area (Å²) < 4.78 is 13.2. The number of ether oxygens (including phenoxy) is 2. The van der Waals surface area contributed by atoms with Gasteiger partial charge in [0.2, 0.25) is 0 Å². The molecule has 0 bridgehead atoms. The van der Waals surface area contributed by atoms with E-state index in [4.69, 9.17) is 19.6 Å². The van der Waals surface area contributed by atoms with Gasteiger partial charge in [0.25, 0.3) is 0 Å². The molecule has 166 valence electrons. The number of hydrogen-bond donors (Lipinski definition) is 0. The number of fused-ring (bicyclic) bond motifs is 4. The summed E-state index contributed by atoms with van der Waals surface area (Å²) in [5.74, 6) is 1.32. The van der Waals surface area contributed by atoms with E-state index >= 15 is 0 Å². The number of aryl methyl sites for hydroxylation is 1. The fourth-order valence-corrected chi connectivity index (χ4v) is 4.55. The lowest BCUT2D eigenvalue weighted by Crippen LogP contribution is -1.99. The van der Waals surface area contributed by atoms with Crippen LogP contribution in [0.1, 0.15) is 5.69 Å². The first-order chi connectivity index (χ1) is 16.7. The molecule has 3 heterocycles. The minimum atomic E-state index is 0.652. The van der Waals surface area contributed by atoms with Crippen molar-refractivity contribution in [2.24, 2.45) is 0 Å². The molecule has 34 heavy (non-hydrogen) atoms. The molecular weight excluding hydrogens is 424 g/mol. The smallest absolute Gasteiger partial charge is 0.164 e. The molecule has 6 aromatic rings. The Labute approximate surface area is 196 Å². The van der Waals surface area contributed by atoms with E-state index in [9.17, 15) is 0 Å². The van der Waals surface area contributed by atoms with E-state index < -0.39 is 0 Å². The summed E-state index contributed by atoms with van der Waals surface area (Å²) in [6.45, 7) is 2.01. The minimum absolute atomic E-state index is 0.652. The lowest BCUT2D eigenvalue weighted by atomic mass is 10.00. The quantitative estimate of drug-likeness (QED) is 0.327. The molecule has 3 aromatic carbocycles. The Morgan fingerprint density at radius 2 is 1.50 bits per heavy atom. The topological polar surface area (TPSA) is 62.1 Å². The van der Waals surface area contributed by atoms with E-state index in [1.54, 1.807) is 14.2 Å². The van der Waals surface area contributed by atoms with Gasteiger partial charge >= 0.3 is 0 Å². The third-order valence-electron chi connectivity index (χ3n) is 6.17. The van der Waals surface area contributed by atoms with Gasteiger partial charge in [-0.25, -0.2) is 9.67 Å². The van der Waals surface area contributed by atoms with Crippen LogP contribution in [0.5, 0.6) is 11.5 Å². The van der Waals surface area contributed by atoms with Crippen LogP contribution in [0.2, 0.25) is 0 Å². The summed E-state index contributed by atoms with van der Waals surface area (Å²) in [5.41, 5.74) is 5.32. The maximum atomic E-state index is 5.64. The Bertz CT molecular complexity index is 1690. The molecule has 0 spiro atoms. The summed E-state index contributed by atoms with van der Waals surface area (Å²) in [4.78, 5) is 9.86. The first kappa shape index (κ1) is 20.2. The molecule has 0 radical (unpaired) electrons. The van der Waals surface area contributed by atoms with Crippen LogP contribution in [0.25, 0.3) is 49.7 Å². The maximum Gasteiger partial charge on any atom is 0.164 e. The highest BCUT2D eigenvalue weighted by Gasteiger charge is 2.20. The standard InChI is InChI=1S/C28H22N4O2/c1-17-26-21-14-24(33-2)25(34-3)15-22(21)27(19-13-18-9-7-8-12-23(18)29-16-19)30-28(26)32(31-17)20-10-5-4-6-11-20/h4-16H,1-3H3.